The summed E-state index contributed by atoms with van der Waals surface area (Å²) in [4.78, 5) is 4.73. The molecule has 1 aromatic heterocycles. The normalized spacial score (nSPS) is 14.8. The van der Waals surface area contributed by atoms with Crippen LogP contribution in [0.2, 0.25) is 10.0 Å². The lowest BCUT2D eigenvalue weighted by Crippen LogP contribution is -2.05. The Bertz CT molecular complexity index is 645. The van der Waals surface area contributed by atoms with Crippen molar-refractivity contribution in [3.63, 3.8) is 0 Å². The molecular formula is C15H17Cl2N3. The number of nitrogens with two attached hydrogens (primary N) is 1. The molecule has 20 heavy (non-hydrogen) atoms. The number of hydrogen-bond acceptors (Lipinski definition) is 2. The molecule has 0 saturated heterocycles. The topological polar surface area (TPSA) is 43.8 Å². The zero-order valence-electron chi connectivity index (χ0n) is 11.4. The molecule has 2 N–H and O–H groups in total. The van der Waals surface area contributed by atoms with Crippen molar-refractivity contribution in [2.24, 2.45) is 0 Å². The first-order chi connectivity index (χ1) is 9.61. The number of rotatable bonds is 4. The average Bonchev–Trinajstić information content (AvgIpc) is 3.19. The Labute approximate surface area is 128 Å². The second-order valence-electron chi connectivity index (χ2n) is 5.24. The minimum Gasteiger partial charge on any atom is -0.383 e. The van der Waals surface area contributed by atoms with Gasteiger partial charge in [-0.05, 0) is 37.5 Å². The van der Waals surface area contributed by atoms with E-state index < -0.39 is 0 Å². The van der Waals surface area contributed by atoms with Crippen molar-refractivity contribution in [2.75, 3.05) is 5.73 Å². The van der Waals surface area contributed by atoms with Crippen LogP contribution in [0.15, 0.2) is 18.2 Å². The molecule has 1 fully saturated rings. The fourth-order valence-corrected chi connectivity index (χ4v) is 2.89. The number of aromatic nitrogens is 2. The van der Waals surface area contributed by atoms with Crippen molar-refractivity contribution in [1.82, 2.24) is 9.55 Å². The van der Waals surface area contributed by atoms with Crippen LogP contribution in [-0.2, 0) is 6.42 Å². The Morgan fingerprint density at radius 3 is 2.75 bits per heavy atom. The van der Waals surface area contributed by atoms with Gasteiger partial charge in [-0.3, -0.25) is 0 Å². The smallest absolute Gasteiger partial charge is 0.132 e. The summed E-state index contributed by atoms with van der Waals surface area (Å²) in [7, 11) is 0. The first-order valence-corrected chi connectivity index (χ1v) is 7.69. The molecule has 0 amide bonds. The number of hydrogen-bond donors (Lipinski definition) is 1. The van der Waals surface area contributed by atoms with Gasteiger partial charge in [0.25, 0.3) is 0 Å². The van der Waals surface area contributed by atoms with Gasteiger partial charge in [0.05, 0.1) is 5.02 Å². The molecule has 0 unspecified atom stereocenters. The second kappa shape index (κ2) is 5.30. The van der Waals surface area contributed by atoms with E-state index in [1.165, 1.54) is 12.8 Å². The van der Waals surface area contributed by atoms with E-state index in [1.807, 2.05) is 6.07 Å². The van der Waals surface area contributed by atoms with Crippen molar-refractivity contribution in [1.29, 1.82) is 0 Å². The van der Waals surface area contributed by atoms with E-state index in [9.17, 15) is 0 Å². The number of anilines is 1. The molecule has 0 bridgehead atoms. The van der Waals surface area contributed by atoms with Crippen LogP contribution in [-0.4, -0.2) is 9.55 Å². The summed E-state index contributed by atoms with van der Waals surface area (Å²) < 4.78 is 2.18. The van der Waals surface area contributed by atoms with Crippen molar-refractivity contribution < 1.29 is 0 Å². The van der Waals surface area contributed by atoms with Crippen LogP contribution in [0.3, 0.4) is 0 Å². The van der Waals surface area contributed by atoms with Gasteiger partial charge < -0.3 is 10.3 Å². The van der Waals surface area contributed by atoms with E-state index in [-0.39, 0.29) is 0 Å². The maximum Gasteiger partial charge on any atom is 0.132 e. The quantitative estimate of drug-likeness (QED) is 0.887. The molecule has 1 heterocycles. The minimum atomic E-state index is 0.510. The number of nitrogens with zero attached hydrogens (tertiary/aromatic N) is 2. The highest BCUT2D eigenvalue weighted by Gasteiger charge is 2.30. The van der Waals surface area contributed by atoms with Gasteiger partial charge in [-0.2, -0.15) is 0 Å². The Morgan fingerprint density at radius 1 is 1.35 bits per heavy atom. The molecule has 2 aromatic rings. The van der Waals surface area contributed by atoms with Gasteiger partial charge in [0.1, 0.15) is 17.3 Å². The molecule has 1 aliphatic rings. The second-order valence-corrected chi connectivity index (χ2v) is 6.08. The summed E-state index contributed by atoms with van der Waals surface area (Å²) in [5.74, 6) is 1.76. The lowest BCUT2D eigenvalue weighted by Gasteiger charge is -2.07. The van der Waals surface area contributed by atoms with E-state index in [0.717, 1.165) is 29.9 Å². The van der Waals surface area contributed by atoms with Crippen LogP contribution >= 0.6 is 23.2 Å². The Balaban J connectivity index is 2.13. The summed E-state index contributed by atoms with van der Waals surface area (Å²) in [6.07, 6.45) is 4.34. The van der Waals surface area contributed by atoms with Crippen LogP contribution in [0.4, 0.5) is 5.82 Å². The molecule has 5 heteroatoms. The number of aryl methyl sites for hydroxylation is 1. The van der Waals surface area contributed by atoms with Crippen LogP contribution in [0, 0.1) is 0 Å². The van der Waals surface area contributed by atoms with E-state index in [2.05, 4.69) is 11.5 Å². The molecule has 106 valence electrons. The molecule has 3 rings (SSSR count). The largest absolute Gasteiger partial charge is 0.383 e. The van der Waals surface area contributed by atoms with Crippen molar-refractivity contribution >= 4 is 29.0 Å². The highest BCUT2D eigenvalue weighted by atomic mass is 35.5. The van der Waals surface area contributed by atoms with E-state index in [4.69, 9.17) is 33.9 Å². The highest BCUT2D eigenvalue weighted by molar-refractivity contribution is 6.35. The van der Waals surface area contributed by atoms with Crippen molar-refractivity contribution in [3.8, 4) is 11.3 Å². The van der Waals surface area contributed by atoms with E-state index >= 15 is 0 Å². The van der Waals surface area contributed by atoms with E-state index in [1.54, 1.807) is 12.1 Å². The molecule has 0 radical (unpaired) electrons. The molecule has 3 nitrogen and oxygen atoms in total. The Hall–Kier alpha value is -1.19. The Morgan fingerprint density at radius 2 is 2.10 bits per heavy atom. The van der Waals surface area contributed by atoms with Gasteiger partial charge in [0.15, 0.2) is 0 Å². The molecule has 1 aromatic carbocycles. The lowest BCUT2D eigenvalue weighted by molar-refractivity contribution is 0.676. The predicted octanol–water partition coefficient (Wildman–Crippen LogP) is 4.73. The zero-order chi connectivity index (χ0) is 14.3. The first kappa shape index (κ1) is 13.8. The lowest BCUT2D eigenvalue weighted by atomic mass is 10.1. The van der Waals surface area contributed by atoms with Gasteiger partial charge in [-0.25, -0.2) is 4.98 Å². The van der Waals surface area contributed by atoms with Crippen molar-refractivity contribution in [3.05, 3.63) is 34.1 Å². The summed E-state index contributed by atoms with van der Waals surface area (Å²) in [5.41, 5.74) is 7.90. The Kier molecular flexibility index (Phi) is 3.65. The number of nitrogen functional groups attached to an aromatic ring is 1. The summed E-state index contributed by atoms with van der Waals surface area (Å²) in [6.45, 7) is 2.15. The van der Waals surface area contributed by atoms with Crippen LogP contribution in [0.1, 0.15) is 38.1 Å². The van der Waals surface area contributed by atoms with E-state index in [0.29, 0.717) is 21.9 Å². The predicted molar refractivity (Wildman–Crippen MR) is 84.4 cm³/mol. The molecule has 0 spiro atoms. The molecule has 0 aliphatic heterocycles. The molecule has 0 atom stereocenters. The maximum atomic E-state index is 6.33. The summed E-state index contributed by atoms with van der Waals surface area (Å²) >= 11 is 12.3. The number of halogens is 2. The number of benzene rings is 1. The molecule has 1 saturated carbocycles. The zero-order valence-corrected chi connectivity index (χ0v) is 12.9. The van der Waals surface area contributed by atoms with Crippen LogP contribution in [0.25, 0.3) is 11.3 Å². The van der Waals surface area contributed by atoms with Gasteiger partial charge in [0, 0.05) is 23.0 Å². The third-order valence-electron chi connectivity index (χ3n) is 3.59. The van der Waals surface area contributed by atoms with Crippen molar-refractivity contribution in [2.45, 2.75) is 38.6 Å². The summed E-state index contributed by atoms with van der Waals surface area (Å²) in [5, 5.41) is 1.27. The maximum absolute atomic E-state index is 6.33. The minimum absolute atomic E-state index is 0.510. The summed E-state index contributed by atoms with van der Waals surface area (Å²) in [6, 6.07) is 5.90. The third-order valence-corrected chi connectivity index (χ3v) is 4.15. The fraction of sp³-hybridized carbons (Fsp3) is 0.400. The van der Waals surface area contributed by atoms with Crippen LogP contribution in [0.5, 0.6) is 0 Å². The van der Waals surface area contributed by atoms with Gasteiger partial charge in [-0.15, -0.1) is 0 Å². The highest BCUT2D eigenvalue weighted by Crippen LogP contribution is 2.42. The standard InChI is InChI=1S/C15H17Cl2N3/c1-2-3-13-19-14(15(18)20(13)10-5-6-10)11-8-9(16)4-7-12(11)17/h4,7-8,10H,2-3,5-6,18H2,1H3. The monoisotopic (exact) mass is 309 g/mol. The van der Waals surface area contributed by atoms with Gasteiger partial charge in [-0.1, -0.05) is 30.1 Å². The third kappa shape index (κ3) is 2.40. The number of imidazole rings is 1. The van der Waals surface area contributed by atoms with Gasteiger partial charge in [0.2, 0.25) is 0 Å². The first-order valence-electron chi connectivity index (χ1n) is 6.93. The van der Waals surface area contributed by atoms with Gasteiger partial charge >= 0.3 is 0 Å². The fourth-order valence-electron chi connectivity index (χ4n) is 2.51. The molecular weight excluding hydrogens is 293 g/mol. The SMILES string of the molecule is CCCc1nc(-c2cc(Cl)ccc2Cl)c(N)n1C1CC1. The average molecular weight is 310 g/mol. The van der Waals surface area contributed by atoms with Crippen LogP contribution < -0.4 is 5.73 Å². The molecule has 1 aliphatic carbocycles.